The van der Waals surface area contributed by atoms with Gasteiger partial charge in [0.2, 0.25) is 0 Å². The van der Waals surface area contributed by atoms with Crippen molar-refractivity contribution in [3.8, 4) is 0 Å². The van der Waals surface area contributed by atoms with Gasteiger partial charge in [0.25, 0.3) is 0 Å². The first-order valence-corrected chi connectivity index (χ1v) is 3.37. The minimum absolute atomic E-state index is 0.201. The molecule has 4 heavy (non-hydrogen) atoms. The Hall–Kier alpha value is 0.336. The number of hydrogen-bond donors (Lipinski definition) is 0. The van der Waals surface area contributed by atoms with Crippen molar-refractivity contribution in [3.05, 3.63) is 0 Å². The van der Waals surface area contributed by atoms with E-state index in [0.717, 1.165) is 0 Å². The van der Waals surface area contributed by atoms with Gasteiger partial charge in [0, 0.05) is 0 Å². The van der Waals surface area contributed by atoms with Crippen molar-refractivity contribution in [2.45, 2.75) is 0 Å². The summed E-state index contributed by atoms with van der Waals surface area (Å²) in [4.78, 5) is 0. The van der Waals surface area contributed by atoms with Gasteiger partial charge >= 0.3 is 30.6 Å². The van der Waals surface area contributed by atoms with Gasteiger partial charge in [-0.25, -0.2) is 0 Å². The van der Waals surface area contributed by atoms with Gasteiger partial charge < -0.3 is 0 Å². The third kappa shape index (κ3) is 2.34. The van der Waals surface area contributed by atoms with Crippen LogP contribution in [0.1, 0.15) is 0 Å². The normalized spacial score (nSPS) is 7.00. The van der Waals surface area contributed by atoms with Crippen molar-refractivity contribution in [3.63, 3.8) is 0 Å². The quantitative estimate of drug-likeness (QED) is 0.425. The van der Waals surface area contributed by atoms with E-state index in [1.165, 1.54) is 0 Å². The van der Waals surface area contributed by atoms with Gasteiger partial charge in [-0.3, -0.25) is 0 Å². The predicted molar refractivity (Wildman–Crippen MR) is 8.52 cm³/mol. The summed E-state index contributed by atoms with van der Waals surface area (Å²) in [5.41, 5.74) is 0. The van der Waals surface area contributed by atoms with Gasteiger partial charge in [-0.2, -0.15) is 0 Å². The van der Waals surface area contributed by atoms with Gasteiger partial charge in [-0.15, -0.1) is 0 Å². The molecule has 0 aromatic heterocycles. The Labute approximate surface area is 31.3 Å². The first-order valence-electron chi connectivity index (χ1n) is 0.533. The fourth-order valence-electron chi connectivity index (χ4n) is 0. The van der Waals surface area contributed by atoms with Crippen LogP contribution in [0.5, 0.6) is 0 Å². The van der Waals surface area contributed by atoms with E-state index >= 15 is 0 Å². The van der Waals surface area contributed by atoms with Crippen LogP contribution in [0.3, 0.4) is 0 Å². The monoisotopic (exact) mass is 124 g/mol. The van der Waals surface area contributed by atoms with E-state index in [4.69, 9.17) is 8.30 Å². The molecule has 0 aromatic carbocycles. The second kappa shape index (κ2) is 3.34. The SMILES string of the molecule is O=[SiH][Cu]=[O]. The molecule has 28 valence electrons. The molecule has 0 radical (unpaired) electrons. The summed E-state index contributed by atoms with van der Waals surface area (Å²) in [6, 6.07) is 0. The van der Waals surface area contributed by atoms with Crippen LogP contribution in [0.15, 0.2) is 0 Å². The van der Waals surface area contributed by atoms with Crippen molar-refractivity contribution < 1.29 is 22.5 Å². The molecule has 0 aliphatic carbocycles. The maximum atomic E-state index is 9.03. The molecule has 0 N–H and O–H groups in total. The zero-order chi connectivity index (χ0) is 3.41. The van der Waals surface area contributed by atoms with Crippen molar-refractivity contribution in [2.24, 2.45) is 0 Å². The minimum atomic E-state index is -1.12. The molecule has 0 aliphatic rings. The summed E-state index contributed by atoms with van der Waals surface area (Å²) in [5.74, 6) is 0. The fourth-order valence-corrected chi connectivity index (χ4v) is 0. The Kier molecular flexibility index (Phi) is 3.62. The van der Waals surface area contributed by atoms with Crippen LogP contribution in [-0.2, 0) is 22.5 Å². The van der Waals surface area contributed by atoms with Crippen LogP contribution in [0, 0.1) is 0 Å². The van der Waals surface area contributed by atoms with Crippen molar-refractivity contribution in [2.75, 3.05) is 0 Å². The molecule has 2 nitrogen and oxygen atoms in total. The fraction of sp³-hybridized carbons (Fsp3) is 0. The van der Waals surface area contributed by atoms with Gasteiger partial charge in [0.1, 0.15) is 0 Å². The van der Waals surface area contributed by atoms with E-state index < -0.39 is 8.01 Å². The Bertz CT molecular complexity index is 27.0. The van der Waals surface area contributed by atoms with Crippen molar-refractivity contribution in [1.82, 2.24) is 0 Å². The van der Waals surface area contributed by atoms with Gasteiger partial charge in [0.05, 0.1) is 0 Å². The van der Waals surface area contributed by atoms with Gasteiger partial charge in [0.15, 0.2) is 0 Å². The van der Waals surface area contributed by atoms with Crippen LogP contribution >= 0.6 is 0 Å². The molecule has 0 rings (SSSR count). The van der Waals surface area contributed by atoms with E-state index in [-0.39, 0.29) is 14.2 Å². The summed E-state index contributed by atoms with van der Waals surface area (Å²) in [7, 11) is -1.12. The molecule has 4 heteroatoms. The Balaban J connectivity index is 2.73. The van der Waals surface area contributed by atoms with E-state index in [1.54, 1.807) is 0 Å². The van der Waals surface area contributed by atoms with Crippen LogP contribution in [0.2, 0.25) is 0 Å². The molecule has 0 aromatic rings. The standard InChI is InChI=1S/Cu.HOSi.O/c;1-2;/h;2H;. The van der Waals surface area contributed by atoms with Crippen LogP contribution in [0.25, 0.3) is 0 Å². The molecular weight excluding hydrogens is 124 g/mol. The van der Waals surface area contributed by atoms with Crippen LogP contribution < -0.4 is 0 Å². The summed E-state index contributed by atoms with van der Waals surface area (Å²) in [6.07, 6.45) is 0. The molecule has 0 saturated heterocycles. The predicted octanol–water partition coefficient (Wildman–Crippen LogP) is -0.889. The second-order valence-electron chi connectivity index (χ2n) is 0.142. The van der Waals surface area contributed by atoms with Crippen molar-refractivity contribution >= 4 is 8.01 Å². The Morgan fingerprint density at radius 3 is 2.00 bits per heavy atom. The van der Waals surface area contributed by atoms with Gasteiger partial charge in [-0.05, 0) is 0 Å². The van der Waals surface area contributed by atoms with E-state index in [9.17, 15) is 0 Å². The molecule has 0 fully saturated rings. The van der Waals surface area contributed by atoms with Crippen LogP contribution in [0.4, 0.5) is 0 Å². The third-order valence-electron chi connectivity index (χ3n) is 0.0290. The summed E-state index contributed by atoms with van der Waals surface area (Å²) in [5, 5.41) is 0. The first kappa shape index (κ1) is 4.34. The molecule has 0 amide bonds. The van der Waals surface area contributed by atoms with E-state index in [2.05, 4.69) is 0 Å². The first-order chi connectivity index (χ1) is 1.91. The van der Waals surface area contributed by atoms with Crippen LogP contribution in [-0.4, -0.2) is 8.01 Å². The average molecular weight is 125 g/mol. The number of rotatable bonds is 1. The second-order valence-corrected chi connectivity index (χ2v) is 1.76. The molecule has 0 saturated carbocycles. The molecule has 0 aliphatic heterocycles. The molecule has 0 heterocycles. The Morgan fingerprint density at radius 1 is 1.75 bits per heavy atom. The molecule has 0 atom stereocenters. The molecular formula is HCuO2Si. The summed E-state index contributed by atoms with van der Waals surface area (Å²) < 4.78 is 18.0. The summed E-state index contributed by atoms with van der Waals surface area (Å²) in [6.45, 7) is 0. The Morgan fingerprint density at radius 2 is 2.00 bits per heavy atom. The maximum absolute atomic E-state index is 9.03. The van der Waals surface area contributed by atoms with Crippen molar-refractivity contribution in [1.29, 1.82) is 0 Å². The van der Waals surface area contributed by atoms with E-state index in [1.807, 2.05) is 0 Å². The topological polar surface area (TPSA) is 34.1 Å². The average Bonchev–Trinajstić information content (AvgIpc) is 1.37. The third-order valence-corrected chi connectivity index (χ3v) is 0.359. The van der Waals surface area contributed by atoms with Gasteiger partial charge in [-0.1, -0.05) is 0 Å². The number of hydrogen-bond acceptors (Lipinski definition) is 2. The zero-order valence-electron chi connectivity index (χ0n) is 1.70. The molecule has 0 spiro atoms. The summed E-state index contributed by atoms with van der Waals surface area (Å²) >= 11 is 0.201. The zero-order valence-corrected chi connectivity index (χ0v) is 3.79. The molecule has 0 bridgehead atoms. The molecule has 0 unspecified atom stereocenters. The van der Waals surface area contributed by atoms with E-state index in [0.29, 0.717) is 0 Å².